The molecule has 0 spiro atoms. The lowest BCUT2D eigenvalue weighted by atomic mass is 10.0. The van der Waals surface area contributed by atoms with Crippen LogP contribution >= 0.6 is 11.3 Å². The van der Waals surface area contributed by atoms with Crippen LogP contribution in [0.25, 0.3) is 0 Å². The Morgan fingerprint density at radius 3 is 2.79 bits per heavy atom. The number of aromatic nitrogens is 1. The molecule has 0 aliphatic rings. The summed E-state index contributed by atoms with van der Waals surface area (Å²) in [5.74, 6) is 0.732. The SMILES string of the molecule is CCc1csc(CC(CC)CNC)n1. The summed E-state index contributed by atoms with van der Waals surface area (Å²) < 4.78 is 0. The van der Waals surface area contributed by atoms with Gasteiger partial charge in [0.1, 0.15) is 0 Å². The number of nitrogens with zero attached hydrogens (tertiary/aromatic N) is 1. The van der Waals surface area contributed by atoms with E-state index in [1.165, 1.54) is 17.1 Å². The van der Waals surface area contributed by atoms with Gasteiger partial charge < -0.3 is 5.32 Å². The maximum atomic E-state index is 4.59. The van der Waals surface area contributed by atoms with Gasteiger partial charge in [0.15, 0.2) is 0 Å². The van der Waals surface area contributed by atoms with Crippen molar-refractivity contribution in [2.75, 3.05) is 13.6 Å². The highest BCUT2D eigenvalue weighted by Crippen LogP contribution is 2.16. The highest BCUT2D eigenvalue weighted by Gasteiger charge is 2.09. The summed E-state index contributed by atoms with van der Waals surface area (Å²) in [6, 6.07) is 0. The molecule has 3 heteroatoms. The van der Waals surface area contributed by atoms with Crippen LogP contribution in [-0.2, 0) is 12.8 Å². The first-order valence-corrected chi connectivity index (χ1v) is 6.25. The first kappa shape index (κ1) is 11.7. The predicted molar refractivity (Wildman–Crippen MR) is 62.9 cm³/mol. The molecule has 0 aromatic carbocycles. The number of thiazole rings is 1. The van der Waals surface area contributed by atoms with Gasteiger partial charge in [-0.1, -0.05) is 20.3 Å². The molecule has 0 radical (unpaired) electrons. The Morgan fingerprint density at radius 2 is 2.29 bits per heavy atom. The number of hydrogen-bond donors (Lipinski definition) is 1. The van der Waals surface area contributed by atoms with Gasteiger partial charge in [-0.15, -0.1) is 11.3 Å². The monoisotopic (exact) mass is 212 g/mol. The zero-order valence-corrected chi connectivity index (χ0v) is 10.2. The molecule has 1 rings (SSSR count). The fraction of sp³-hybridized carbons (Fsp3) is 0.727. The highest BCUT2D eigenvalue weighted by atomic mass is 32.1. The van der Waals surface area contributed by atoms with Crippen LogP contribution in [0.4, 0.5) is 0 Å². The van der Waals surface area contributed by atoms with Gasteiger partial charge in [-0.2, -0.15) is 0 Å². The van der Waals surface area contributed by atoms with Crippen LogP contribution in [0.3, 0.4) is 0 Å². The summed E-state index contributed by atoms with van der Waals surface area (Å²) in [5, 5.41) is 6.71. The van der Waals surface area contributed by atoms with Crippen molar-refractivity contribution in [1.29, 1.82) is 0 Å². The second-order valence-corrected chi connectivity index (χ2v) is 4.56. The van der Waals surface area contributed by atoms with E-state index in [1.54, 1.807) is 11.3 Å². The van der Waals surface area contributed by atoms with E-state index in [-0.39, 0.29) is 0 Å². The molecule has 1 aromatic rings. The van der Waals surface area contributed by atoms with Crippen LogP contribution in [-0.4, -0.2) is 18.6 Å². The number of rotatable bonds is 6. The lowest BCUT2D eigenvalue weighted by Crippen LogP contribution is -2.20. The summed E-state index contributed by atoms with van der Waals surface area (Å²) in [6.45, 7) is 5.50. The molecule has 0 aliphatic heterocycles. The van der Waals surface area contributed by atoms with Crippen LogP contribution in [0.5, 0.6) is 0 Å². The smallest absolute Gasteiger partial charge is 0.0931 e. The fourth-order valence-electron chi connectivity index (χ4n) is 1.50. The first-order chi connectivity index (χ1) is 6.80. The lowest BCUT2D eigenvalue weighted by Gasteiger charge is -2.11. The largest absolute Gasteiger partial charge is 0.319 e. The molecule has 0 saturated carbocycles. The van der Waals surface area contributed by atoms with Crippen molar-refractivity contribution < 1.29 is 0 Å². The van der Waals surface area contributed by atoms with Crippen molar-refractivity contribution in [2.24, 2.45) is 5.92 Å². The van der Waals surface area contributed by atoms with Gasteiger partial charge in [-0.3, -0.25) is 0 Å². The van der Waals surface area contributed by atoms with Crippen LogP contribution < -0.4 is 5.32 Å². The minimum atomic E-state index is 0.732. The third kappa shape index (κ3) is 3.39. The van der Waals surface area contributed by atoms with Crippen LogP contribution in [0.15, 0.2) is 5.38 Å². The van der Waals surface area contributed by atoms with E-state index in [4.69, 9.17) is 0 Å². The molecular weight excluding hydrogens is 192 g/mol. The maximum absolute atomic E-state index is 4.59. The Balaban J connectivity index is 2.48. The fourth-order valence-corrected chi connectivity index (χ4v) is 2.49. The van der Waals surface area contributed by atoms with Crippen molar-refractivity contribution in [1.82, 2.24) is 10.3 Å². The average molecular weight is 212 g/mol. The van der Waals surface area contributed by atoms with E-state index in [2.05, 4.69) is 29.5 Å². The van der Waals surface area contributed by atoms with Crippen LogP contribution in [0.1, 0.15) is 31.0 Å². The molecule has 1 atom stereocenters. The molecule has 0 aliphatic carbocycles. The highest BCUT2D eigenvalue weighted by molar-refractivity contribution is 7.09. The van der Waals surface area contributed by atoms with Gasteiger partial charge in [0.25, 0.3) is 0 Å². The molecule has 2 nitrogen and oxygen atoms in total. The quantitative estimate of drug-likeness (QED) is 0.783. The maximum Gasteiger partial charge on any atom is 0.0931 e. The van der Waals surface area contributed by atoms with Crippen molar-refractivity contribution in [3.05, 3.63) is 16.1 Å². The summed E-state index contributed by atoms with van der Waals surface area (Å²) in [4.78, 5) is 4.59. The van der Waals surface area contributed by atoms with E-state index in [0.717, 1.165) is 25.3 Å². The second-order valence-electron chi connectivity index (χ2n) is 3.62. The molecule has 1 N–H and O–H groups in total. The minimum Gasteiger partial charge on any atom is -0.319 e. The van der Waals surface area contributed by atoms with Crippen LogP contribution in [0.2, 0.25) is 0 Å². The number of nitrogens with one attached hydrogen (secondary N) is 1. The van der Waals surface area contributed by atoms with E-state index in [9.17, 15) is 0 Å². The predicted octanol–water partition coefficient (Wildman–Crippen LogP) is 2.49. The summed E-state index contributed by atoms with van der Waals surface area (Å²) in [5.41, 5.74) is 1.24. The van der Waals surface area contributed by atoms with E-state index < -0.39 is 0 Å². The molecule has 0 amide bonds. The lowest BCUT2D eigenvalue weighted by molar-refractivity contribution is 0.480. The van der Waals surface area contributed by atoms with Crippen molar-refractivity contribution in [2.45, 2.75) is 33.1 Å². The molecule has 1 heterocycles. The minimum absolute atomic E-state index is 0.732. The third-order valence-electron chi connectivity index (χ3n) is 2.49. The molecule has 1 unspecified atom stereocenters. The van der Waals surface area contributed by atoms with E-state index in [0.29, 0.717) is 0 Å². The zero-order chi connectivity index (χ0) is 10.4. The zero-order valence-electron chi connectivity index (χ0n) is 9.34. The van der Waals surface area contributed by atoms with Gasteiger partial charge >= 0.3 is 0 Å². The molecule has 1 aromatic heterocycles. The van der Waals surface area contributed by atoms with Crippen molar-refractivity contribution in [3.63, 3.8) is 0 Å². The summed E-state index contributed by atoms with van der Waals surface area (Å²) in [7, 11) is 2.02. The van der Waals surface area contributed by atoms with Gasteiger partial charge in [0.05, 0.1) is 10.7 Å². The topological polar surface area (TPSA) is 24.9 Å². The van der Waals surface area contributed by atoms with E-state index in [1.807, 2.05) is 7.05 Å². The second kappa shape index (κ2) is 6.14. The number of aryl methyl sites for hydroxylation is 1. The standard InChI is InChI=1S/C11H20N2S/c1-4-9(7-12-3)6-11-13-10(5-2)8-14-11/h8-9,12H,4-7H2,1-3H3. The Bertz CT molecular complexity index is 258. The normalized spacial score (nSPS) is 13.1. The van der Waals surface area contributed by atoms with E-state index >= 15 is 0 Å². The first-order valence-electron chi connectivity index (χ1n) is 5.38. The molecule has 80 valence electrons. The Morgan fingerprint density at radius 1 is 1.50 bits per heavy atom. The van der Waals surface area contributed by atoms with Gasteiger partial charge in [-0.05, 0) is 25.9 Å². The Labute approximate surface area is 90.8 Å². The van der Waals surface area contributed by atoms with Gasteiger partial charge in [0, 0.05) is 11.8 Å². The Hall–Kier alpha value is -0.410. The average Bonchev–Trinajstić information content (AvgIpc) is 2.65. The third-order valence-corrected chi connectivity index (χ3v) is 3.41. The summed E-state index contributed by atoms with van der Waals surface area (Å²) in [6.07, 6.45) is 3.41. The van der Waals surface area contributed by atoms with Crippen LogP contribution in [0, 0.1) is 5.92 Å². The summed E-state index contributed by atoms with van der Waals surface area (Å²) >= 11 is 1.80. The molecule has 0 saturated heterocycles. The molecule has 0 bridgehead atoms. The van der Waals surface area contributed by atoms with Crippen molar-refractivity contribution >= 4 is 11.3 Å². The van der Waals surface area contributed by atoms with Crippen molar-refractivity contribution in [3.8, 4) is 0 Å². The van der Waals surface area contributed by atoms with Gasteiger partial charge in [0.2, 0.25) is 0 Å². The number of hydrogen-bond acceptors (Lipinski definition) is 3. The molecular formula is C11H20N2S. The molecule has 14 heavy (non-hydrogen) atoms. The Kier molecular flexibility index (Phi) is 5.12. The molecule has 0 fully saturated rings. The van der Waals surface area contributed by atoms with Gasteiger partial charge in [-0.25, -0.2) is 4.98 Å².